The maximum atomic E-state index is 13.5. The monoisotopic (exact) mass is 471 g/mol. The highest BCUT2D eigenvalue weighted by Crippen LogP contribution is 2.40. The molecule has 0 saturated carbocycles. The van der Waals surface area contributed by atoms with E-state index in [1.54, 1.807) is 9.13 Å². The molecule has 33 heavy (non-hydrogen) atoms. The number of aromatic hydroxyl groups is 1. The fraction of sp³-hybridized carbons (Fsp3) is 0.538. The van der Waals surface area contributed by atoms with Crippen molar-refractivity contribution >= 4 is 23.7 Å². The minimum atomic E-state index is -0.291. The summed E-state index contributed by atoms with van der Waals surface area (Å²) in [6.07, 6.45) is 5.54. The largest absolute Gasteiger partial charge is 0.494 e. The summed E-state index contributed by atoms with van der Waals surface area (Å²) in [5, 5.41) is 11.2. The van der Waals surface area contributed by atoms with Crippen molar-refractivity contribution < 1.29 is 9.84 Å². The van der Waals surface area contributed by atoms with E-state index in [9.17, 15) is 9.90 Å². The van der Waals surface area contributed by atoms with E-state index in [2.05, 4.69) is 51.7 Å². The lowest BCUT2D eigenvalue weighted by Gasteiger charge is -2.27. The first kappa shape index (κ1) is 25.1. The third-order valence-electron chi connectivity index (χ3n) is 6.35. The summed E-state index contributed by atoms with van der Waals surface area (Å²) in [7, 11) is 0. The maximum Gasteiger partial charge on any atom is 0.269 e. The van der Waals surface area contributed by atoms with Gasteiger partial charge in [-0.3, -0.25) is 13.9 Å². The van der Waals surface area contributed by atoms with Crippen molar-refractivity contribution in [3.05, 3.63) is 50.5 Å². The average Bonchev–Trinajstić information content (AvgIpc) is 2.79. The first-order valence-electron chi connectivity index (χ1n) is 12.2. The van der Waals surface area contributed by atoms with Crippen LogP contribution in [0, 0.1) is 4.77 Å². The Balaban J connectivity index is 2.14. The van der Waals surface area contributed by atoms with Crippen molar-refractivity contribution in [1.29, 1.82) is 0 Å². The topological polar surface area (TPSA) is 59.6 Å². The van der Waals surface area contributed by atoms with E-state index in [1.807, 2.05) is 12.1 Å². The Morgan fingerprint density at radius 2 is 1.70 bits per heavy atom. The molecule has 3 rings (SSSR count). The lowest BCUT2D eigenvalue weighted by molar-refractivity contribution is 0.379. The van der Waals surface area contributed by atoms with Gasteiger partial charge in [-0.1, -0.05) is 39.7 Å². The summed E-state index contributed by atoms with van der Waals surface area (Å²) in [5.74, 6) is 1.07. The van der Waals surface area contributed by atoms with Crippen molar-refractivity contribution in [3.63, 3.8) is 0 Å². The molecule has 1 N–H and O–H groups in total. The minimum Gasteiger partial charge on any atom is -0.494 e. The van der Waals surface area contributed by atoms with Crippen molar-refractivity contribution in [2.75, 3.05) is 18.0 Å². The summed E-state index contributed by atoms with van der Waals surface area (Å²) in [4.78, 5) is 15.8. The van der Waals surface area contributed by atoms with Crippen molar-refractivity contribution in [2.45, 2.75) is 79.3 Å². The van der Waals surface area contributed by atoms with Gasteiger partial charge < -0.3 is 14.7 Å². The van der Waals surface area contributed by atoms with Gasteiger partial charge in [0.05, 0.1) is 0 Å². The van der Waals surface area contributed by atoms with Crippen LogP contribution in [0.3, 0.4) is 0 Å². The van der Waals surface area contributed by atoms with Crippen LogP contribution in [0.2, 0.25) is 0 Å². The van der Waals surface area contributed by atoms with Crippen molar-refractivity contribution in [2.24, 2.45) is 0 Å². The fourth-order valence-electron chi connectivity index (χ4n) is 4.31. The second-order valence-electron chi connectivity index (χ2n) is 8.61. The molecule has 2 heterocycles. The second-order valence-corrected chi connectivity index (χ2v) is 8.98. The summed E-state index contributed by atoms with van der Waals surface area (Å²) in [5.41, 5.74) is 2.05. The highest BCUT2D eigenvalue weighted by Gasteiger charge is 2.27. The molecule has 0 amide bonds. The van der Waals surface area contributed by atoms with E-state index in [0.29, 0.717) is 23.6 Å². The Morgan fingerprint density at radius 3 is 2.30 bits per heavy atom. The molecular weight excluding hydrogens is 434 g/mol. The van der Waals surface area contributed by atoms with Crippen molar-refractivity contribution in [1.82, 2.24) is 9.13 Å². The number of unbranched alkanes of at least 4 members (excludes halogenated alkanes) is 2. The van der Waals surface area contributed by atoms with Gasteiger partial charge in [-0.2, -0.15) is 0 Å². The van der Waals surface area contributed by atoms with Crippen LogP contribution in [0.4, 0.5) is 5.69 Å². The Morgan fingerprint density at radius 1 is 1.06 bits per heavy atom. The van der Waals surface area contributed by atoms with Gasteiger partial charge in [0.1, 0.15) is 17.1 Å². The maximum absolute atomic E-state index is 13.5. The third kappa shape index (κ3) is 5.03. The van der Waals surface area contributed by atoms with E-state index < -0.39 is 0 Å². The quantitative estimate of drug-likeness (QED) is 0.426. The molecule has 0 saturated heterocycles. The lowest BCUT2D eigenvalue weighted by Crippen LogP contribution is -2.30. The molecular formula is C26H37N3O3S. The standard InChI is InChI=1S/C26H37N3O3S/c1-6-10-14-28-24(30)23(25(31)29(26(28)33)15-11-7-2)22-16-18(5)20-13-12-19(17-21(20)32-22)27(8-3)9-4/h12-13,16-18,30H,6-11,14-15H2,1-5H3. The number of aromatic nitrogens is 2. The lowest BCUT2D eigenvalue weighted by atomic mass is 9.95. The van der Waals surface area contributed by atoms with Crippen LogP contribution in [-0.2, 0) is 13.1 Å². The predicted molar refractivity (Wildman–Crippen MR) is 138 cm³/mol. The predicted octanol–water partition coefficient (Wildman–Crippen LogP) is 6.07. The molecule has 7 heteroatoms. The molecule has 1 aliphatic heterocycles. The summed E-state index contributed by atoms with van der Waals surface area (Å²) in [6.45, 7) is 13.4. The zero-order valence-electron chi connectivity index (χ0n) is 20.6. The van der Waals surface area contributed by atoms with Crippen LogP contribution in [0.25, 0.3) is 5.76 Å². The van der Waals surface area contributed by atoms with Gasteiger partial charge in [-0.25, -0.2) is 0 Å². The zero-order valence-corrected chi connectivity index (χ0v) is 21.4. The van der Waals surface area contributed by atoms with E-state index >= 15 is 0 Å². The SMILES string of the molecule is CCCCn1c(O)c(C2=CC(C)c3ccc(N(CC)CC)cc3O2)c(=O)n(CCCC)c1=S. The molecule has 0 radical (unpaired) electrons. The number of allylic oxidation sites excluding steroid dienone is 1. The number of anilines is 1. The van der Waals surface area contributed by atoms with E-state index in [4.69, 9.17) is 17.0 Å². The summed E-state index contributed by atoms with van der Waals surface area (Å²) < 4.78 is 9.97. The van der Waals surface area contributed by atoms with Gasteiger partial charge >= 0.3 is 0 Å². The average molecular weight is 472 g/mol. The van der Waals surface area contributed by atoms with Gasteiger partial charge in [0.2, 0.25) is 5.88 Å². The van der Waals surface area contributed by atoms with Gasteiger partial charge in [-0.15, -0.1) is 0 Å². The number of benzene rings is 1. The number of fused-ring (bicyclic) bond motifs is 1. The fourth-order valence-corrected chi connectivity index (χ4v) is 4.66. The molecule has 180 valence electrons. The Labute approximate surface area is 202 Å². The van der Waals surface area contributed by atoms with Gasteiger partial charge in [0.25, 0.3) is 5.56 Å². The van der Waals surface area contributed by atoms with Crippen LogP contribution in [0.5, 0.6) is 11.6 Å². The number of rotatable bonds is 10. The van der Waals surface area contributed by atoms with Gasteiger partial charge in [0.15, 0.2) is 4.77 Å². The number of ether oxygens (including phenoxy) is 1. The van der Waals surface area contributed by atoms with Gasteiger partial charge in [-0.05, 0) is 51.0 Å². The van der Waals surface area contributed by atoms with Crippen molar-refractivity contribution in [3.8, 4) is 11.6 Å². The zero-order chi connectivity index (χ0) is 24.1. The van der Waals surface area contributed by atoms with Crippen LogP contribution >= 0.6 is 12.2 Å². The molecule has 1 aromatic carbocycles. The Hall–Kier alpha value is -2.54. The molecule has 0 bridgehead atoms. The summed E-state index contributed by atoms with van der Waals surface area (Å²) in [6, 6.07) is 6.24. The first-order chi connectivity index (χ1) is 15.9. The summed E-state index contributed by atoms with van der Waals surface area (Å²) >= 11 is 5.61. The van der Waals surface area contributed by atoms with E-state index in [1.165, 1.54) is 0 Å². The number of nitrogens with zero attached hydrogens (tertiary/aromatic N) is 3. The number of hydrogen-bond acceptors (Lipinski definition) is 5. The molecule has 1 aliphatic rings. The highest BCUT2D eigenvalue weighted by atomic mass is 32.1. The molecule has 1 unspecified atom stereocenters. The van der Waals surface area contributed by atoms with Crippen LogP contribution < -0.4 is 15.2 Å². The molecule has 0 aliphatic carbocycles. The Kier molecular flexibility index (Phi) is 8.40. The van der Waals surface area contributed by atoms with E-state index in [0.717, 1.165) is 55.8 Å². The molecule has 0 spiro atoms. The molecule has 1 atom stereocenters. The van der Waals surface area contributed by atoms with Crippen LogP contribution in [0.15, 0.2) is 29.1 Å². The molecule has 6 nitrogen and oxygen atoms in total. The van der Waals surface area contributed by atoms with Crippen LogP contribution in [-0.4, -0.2) is 27.3 Å². The van der Waals surface area contributed by atoms with E-state index in [-0.39, 0.29) is 22.9 Å². The third-order valence-corrected chi connectivity index (χ3v) is 6.80. The minimum absolute atomic E-state index is 0.0460. The normalized spacial score (nSPS) is 15.1. The second kappa shape index (κ2) is 11.1. The smallest absolute Gasteiger partial charge is 0.269 e. The Bertz CT molecular complexity index is 1130. The molecule has 2 aromatic rings. The van der Waals surface area contributed by atoms with Gasteiger partial charge in [0, 0.05) is 49.4 Å². The molecule has 1 aromatic heterocycles. The highest BCUT2D eigenvalue weighted by molar-refractivity contribution is 7.71. The number of hydrogen-bond donors (Lipinski definition) is 1. The van der Waals surface area contributed by atoms with Crippen LogP contribution in [0.1, 0.15) is 77.3 Å². The first-order valence-corrected chi connectivity index (χ1v) is 12.6. The molecule has 0 fully saturated rings.